The molecule has 1 unspecified atom stereocenters. The number of rotatable bonds is 94. The molecule has 0 rings (SSSR count). The van der Waals surface area contributed by atoms with Gasteiger partial charge in [0, 0.05) is 30.8 Å². The lowest BCUT2D eigenvalue weighted by molar-refractivity contribution is -0.157. The van der Waals surface area contributed by atoms with E-state index in [2.05, 4.69) is 21.3 Å². The molecule has 32 heteroatoms. The van der Waals surface area contributed by atoms with Gasteiger partial charge in [0.25, 0.3) is 0 Å². The van der Waals surface area contributed by atoms with Crippen molar-refractivity contribution in [1.82, 2.24) is 5.32 Å². The first kappa shape index (κ1) is 101. The molecule has 1 atom stereocenters. The van der Waals surface area contributed by atoms with E-state index in [1.54, 1.807) is 0 Å². The molecule has 0 aromatic carbocycles. The number of carboxylic acid groups (broad SMARTS) is 2. The molecule has 0 fully saturated rings. The third-order valence-electron chi connectivity index (χ3n) is 15.1. The summed E-state index contributed by atoms with van der Waals surface area (Å²) in [6.07, 6.45) is 20.8. The molecule has 618 valence electrons. The van der Waals surface area contributed by atoms with Gasteiger partial charge in [0.15, 0.2) is 0 Å². The molecule has 0 radical (unpaired) electrons. The number of azide groups is 1. The van der Waals surface area contributed by atoms with Gasteiger partial charge in [-0.25, -0.2) is 0 Å². The van der Waals surface area contributed by atoms with Crippen LogP contribution >= 0.6 is 0 Å². The summed E-state index contributed by atoms with van der Waals surface area (Å²) in [5.41, 5.74) is 6.70. The van der Waals surface area contributed by atoms with Gasteiger partial charge in [-0.2, -0.15) is 0 Å². The van der Waals surface area contributed by atoms with E-state index in [0.717, 1.165) is 83.5 Å². The first-order valence-electron chi connectivity index (χ1n) is 38.4. The highest BCUT2D eigenvalue weighted by molar-refractivity contribution is 6.01. The Hall–Kier alpha value is -3.64. The van der Waals surface area contributed by atoms with Crippen LogP contribution in [0.25, 0.3) is 10.4 Å². The molecular weight excluding hydrogens is 1380 g/mol. The molecule has 0 aromatic rings. The predicted molar refractivity (Wildman–Crippen MR) is 390 cm³/mol. The van der Waals surface area contributed by atoms with Crippen LogP contribution in [0.2, 0.25) is 0 Å². The third kappa shape index (κ3) is 81.2. The van der Waals surface area contributed by atoms with Gasteiger partial charge >= 0.3 is 11.9 Å². The van der Waals surface area contributed by atoms with Crippen LogP contribution in [0.5, 0.6) is 0 Å². The highest BCUT2D eigenvalue weighted by atomic mass is 16.6. The van der Waals surface area contributed by atoms with Gasteiger partial charge in [-0.05, 0) is 31.2 Å². The number of ether oxygens (including phenoxy) is 23. The van der Waals surface area contributed by atoms with Crippen LogP contribution < -0.4 is 5.32 Å². The SMILES string of the molecule is C#CCCCCCCCCCC(CCCCCCCCCCC(=O)O)(C(=O)O)C(=O)NCCOCCOCCOCCOCCOCCOCCOCCOCCOCCOCCOCCOCCOCCOCCOCCOCCOCCOCCOCCOCCOCCOCCOCCN=[N+]=[N-]. The van der Waals surface area contributed by atoms with Gasteiger partial charge in [0.05, 0.1) is 304 Å². The molecular formula is C73H138N4O28. The maximum absolute atomic E-state index is 13.5. The number of nitrogens with one attached hydrogen (secondary N) is 1. The fourth-order valence-corrected chi connectivity index (χ4v) is 9.46. The summed E-state index contributed by atoms with van der Waals surface area (Å²) < 4.78 is 127. The fourth-order valence-electron chi connectivity index (χ4n) is 9.46. The van der Waals surface area contributed by atoms with Crippen molar-refractivity contribution in [1.29, 1.82) is 0 Å². The highest BCUT2D eigenvalue weighted by Crippen LogP contribution is 2.33. The Morgan fingerprint density at radius 1 is 0.305 bits per heavy atom. The Morgan fingerprint density at radius 3 is 0.714 bits per heavy atom. The largest absolute Gasteiger partial charge is 0.481 e. The van der Waals surface area contributed by atoms with Crippen LogP contribution in [0.4, 0.5) is 0 Å². The minimum absolute atomic E-state index is 0.203. The molecule has 105 heavy (non-hydrogen) atoms. The van der Waals surface area contributed by atoms with Gasteiger partial charge in [0.2, 0.25) is 5.91 Å². The molecule has 32 nitrogen and oxygen atoms in total. The van der Waals surface area contributed by atoms with Crippen LogP contribution in [-0.2, 0) is 123 Å². The van der Waals surface area contributed by atoms with Gasteiger partial charge in [-0.3, -0.25) is 14.4 Å². The Balaban J connectivity index is 3.43. The number of aliphatic carboxylic acids is 2. The number of carbonyl (C=O) groups excluding carboxylic acids is 1. The molecule has 0 aliphatic heterocycles. The van der Waals surface area contributed by atoms with Gasteiger partial charge < -0.3 is 124 Å². The zero-order chi connectivity index (χ0) is 75.7. The van der Waals surface area contributed by atoms with Crippen molar-refractivity contribution in [2.75, 3.05) is 317 Å². The van der Waals surface area contributed by atoms with Gasteiger partial charge in [0.1, 0.15) is 5.41 Å². The second-order valence-electron chi connectivity index (χ2n) is 23.6. The van der Waals surface area contributed by atoms with E-state index < -0.39 is 23.3 Å². The van der Waals surface area contributed by atoms with E-state index in [9.17, 15) is 19.5 Å². The zero-order valence-corrected chi connectivity index (χ0v) is 63.8. The maximum atomic E-state index is 13.5. The van der Waals surface area contributed by atoms with Crippen molar-refractivity contribution in [2.24, 2.45) is 10.5 Å². The first-order valence-corrected chi connectivity index (χ1v) is 38.4. The number of hydrogen-bond acceptors (Lipinski definition) is 27. The fraction of sp³-hybridized carbons (Fsp3) is 0.932. The van der Waals surface area contributed by atoms with Gasteiger partial charge in [-0.1, -0.05) is 88.6 Å². The second kappa shape index (κ2) is 89.3. The summed E-state index contributed by atoms with van der Waals surface area (Å²) in [7, 11) is 0. The predicted octanol–water partition coefficient (Wildman–Crippen LogP) is 7.00. The van der Waals surface area contributed by atoms with Crippen molar-refractivity contribution in [3.8, 4) is 12.3 Å². The third-order valence-corrected chi connectivity index (χ3v) is 15.1. The second-order valence-corrected chi connectivity index (χ2v) is 23.6. The average Bonchev–Trinajstić information content (AvgIpc) is 0.822. The monoisotopic (exact) mass is 1520 g/mol. The van der Waals surface area contributed by atoms with Crippen LogP contribution in [0.15, 0.2) is 5.11 Å². The lowest BCUT2D eigenvalue weighted by Crippen LogP contribution is -2.47. The maximum Gasteiger partial charge on any atom is 0.319 e. The summed E-state index contributed by atoms with van der Waals surface area (Å²) in [6.45, 7) is 21.3. The van der Waals surface area contributed by atoms with Crippen molar-refractivity contribution in [2.45, 2.75) is 122 Å². The number of carbonyl (C=O) groups is 3. The van der Waals surface area contributed by atoms with Crippen molar-refractivity contribution < 1.29 is 134 Å². The Bertz CT molecular complexity index is 1890. The molecule has 0 aliphatic carbocycles. The standard InChI is InChI=1S/C73H138N4O28/c1-2-3-4-5-6-8-11-14-17-20-73(72(81)82,21-18-15-12-9-7-10-13-16-19-70(78)79)71(80)75-22-24-83-26-28-85-30-32-87-34-36-89-38-40-91-42-44-93-46-48-95-50-52-97-54-56-99-58-60-101-62-64-103-66-68-105-69-67-104-65-63-102-61-59-100-57-55-98-53-51-96-49-47-94-45-43-92-41-39-90-37-35-88-33-31-86-29-27-84-25-23-76-77-74/h1H,3-69H2,(H,75,80)(H,78,79)(H,81,82). The molecule has 0 aliphatic rings. The van der Waals surface area contributed by atoms with Crippen molar-refractivity contribution in [3.63, 3.8) is 0 Å². The molecule has 0 heterocycles. The van der Waals surface area contributed by atoms with Crippen molar-refractivity contribution >= 4 is 17.8 Å². The molecule has 3 N–H and O–H groups in total. The summed E-state index contributed by atoms with van der Waals surface area (Å²) >= 11 is 0. The summed E-state index contributed by atoms with van der Waals surface area (Å²) in [5.74, 6) is 0.390. The minimum Gasteiger partial charge on any atom is -0.481 e. The van der Waals surface area contributed by atoms with E-state index >= 15 is 0 Å². The summed E-state index contributed by atoms with van der Waals surface area (Å²) in [5, 5.41) is 25.5. The molecule has 0 spiro atoms. The van der Waals surface area contributed by atoms with E-state index in [1.807, 2.05) is 0 Å². The lowest BCUT2D eigenvalue weighted by Gasteiger charge is -2.28. The normalized spacial score (nSPS) is 12.1. The Morgan fingerprint density at radius 2 is 0.505 bits per heavy atom. The van der Waals surface area contributed by atoms with Crippen LogP contribution in [0, 0.1) is 17.8 Å². The van der Waals surface area contributed by atoms with Crippen molar-refractivity contribution in [3.05, 3.63) is 10.4 Å². The van der Waals surface area contributed by atoms with Crippen LogP contribution in [0.1, 0.15) is 122 Å². The molecule has 0 aromatic heterocycles. The van der Waals surface area contributed by atoms with Crippen LogP contribution in [0.3, 0.4) is 0 Å². The average molecular weight is 1520 g/mol. The number of carboxylic acids is 2. The molecule has 0 saturated carbocycles. The number of amides is 1. The van der Waals surface area contributed by atoms with E-state index in [-0.39, 0.29) is 19.6 Å². The highest BCUT2D eigenvalue weighted by Gasteiger charge is 2.44. The smallest absolute Gasteiger partial charge is 0.319 e. The Kier molecular flexibility index (Phi) is 86.2. The van der Waals surface area contributed by atoms with E-state index in [0.29, 0.717) is 336 Å². The van der Waals surface area contributed by atoms with E-state index in [1.165, 1.54) is 0 Å². The molecule has 0 saturated heterocycles. The number of terminal acetylenes is 1. The molecule has 1 amide bonds. The zero-order valence-electron chi connectivity index (χ0n) is 63.8. The van der Waals surface area contributed by atoms with Gasteiger partial charge in [-0.15, -0.1) is 12.3 Å². The summed E-state index contributed by atoms with van der Waals surface area (Å²) in [6, 6.07) is 0. The number of nitrogens with zero attached hydrogens (tertiary/aromatic N) is 3. The minimum atomic E-state index is -1.48. The topological polar surface area (TPSA) is 365 Å². The number of hydrogen-bond donors (Lipinski definition) is 3. The Labute approximate surface area is 626 Å². The van der Waals surface area contributed by atoms with Crippen LogP contribution in [-0.4, -0.2) is 345 Å². The molecule has 0 bridgehead atoms. The quantitative estimate of drug-likeness (QED) is 0.0138. The first-order chi connectivity index (χ1) is 51.9. The summed E-state index contributed by atoms with van der Waals surface area (Å²) in [4.78, 5) is 39.7. The van der Waals surface area contributed by atoms with E-state index in [4.69, 9.17) is 126 Å². The number of unbranched alkanes of at least 4 members (excludes halogenated alkanes) is 14. The lowest BCUT2D eigenvalue weighted by atomic mass is 9.76.